The number of primary amides is 1. The molecule has 0 aliphatic carbocycles. The molecule has 1 amide bonds. The number of nitrogens with two attached hydrogens (primary N) is 1. The van der Waals surface area contributed by atoms with Crippen LogP contribution in [-0.4, -0.2) is 62.0 Å². The first-order chi connectivity index (χ1) is 7.31. The normalized spacial score (nSPS) is 20.6. The molecule has 0 aliphatic rings. The van der Waals surface area contributed by atoms with Crippen molar-refractivity contribution in [2.24, 2.45) is 5.73 Å². The molecule has 7 N–H and O–H groups in total. The minimum absolute atomic E-state index is 0.390. The first kappa shape index (κ1) is 15.0. The largest absolute Gasteiger partial charge is 0.394 e. The summed E-state index contributed by atoms with van der Waals surface area (Å²) in [6, 6.07) is 0. The SMILES string of the molecule is C=CCC(O)(C(N)=O)C(O)C(O)C(O)CO. The van der Waals surface area contributed by atoms with Gasteiger partial charge in [-0.2, -0.15) is 0 Å². The second kappa shape index (κ2) is 5.92. The second-order valence-corrected chi connectivity index (χ2v) is 3.47. The van der Waals surface area contributed by atoms with Gasteiger partial charge >= 0.3 is 0 Å². The molecule has 0 aromatic heterocycles. The van der Waals surface area contributed by atoms with Crippen LogP contribution in [-0.2, 0) is 4.79 Å². The number of rotatable bonds is 7. The molecule has 0 rings (SSSR count). The molecular weight excluding hydrogens is 218 g/mol. The molecule has 0 spiro atoms. The number of aliphatic hydroxyl groups excluding tert-OH is 4. The molecule has 0 aromatic carbocycles. The maximum absolute atomic E-state index is 11.0. The van der Waals surface area contributed by atoms with Gasteiger partial charge in [0.15, 0.2) is 5.60 Å². The zero-order chi connectivity index (χ0) is 12.9. The van der Waals surface area contributed by atoms with Gasteiger partial charge in [0, 0.05) is 6.42 Å². The standard InChI is InChI=1S/C9H17NO6/c1-2-3-9(16,8(10)15)7(14)6(13)5(12)4-11/h2,5-7,11-14,16H,1,3-4H2,(H2,10,15). The Kier molecular flexibility index (Phi) is 5.56. The minimum Gasteiger partial charge on any atom is -0.394 e. The summed E-state index contributed by atoms with van der Waals surface area (Å²) < 4.78 is 0. The van der Waals surface area contributed by atoms with Crippen molar-refractivity contribution < 1.29 is 30.3 Å². The van der Waals surface area contributed by atoms with E-state index in [1.807, 2.05) is 0 Å². The zero-order valence-electron chi connectivity index (χ0n) is 8.65. The number of carbonyl (C=O) groups excluding carboxylic acids is 1. The summed E-state index contributed by atoms with van der Waals surface area (Å²) in [5, 5.41) is 46.2. The molecule has 0 saturated carbocycles. The zero-order valence-corrected chi connectivity index (χ0v) is 8.65. The number of aliphatic hydroxyl groups is 5. The molecule has 0 heterocycles. The van der Waals surface area contributed by atoms with E-state index < -0.39 is 42.8 Å². The van der Waals surface area contributed by atoms with E-state index in [-0.39, 0.29) is 0 Å². The fraction of sp³-hybridized carbons (Fsp3) is 0.667. The molecule has 0 aromatic rings. The van der Waals surface area contributed by atoms with Crippen molar-refractivity contribution in [2.45, 2.75) is 30.3 Å². The molecule has 0 radical (unpaired) electrons. The maximum Gasteiger partial charge on any atom is 0.252 e. The van der Waals surface area contributed by atoms with E-state index in [0.29, 0.717) is 0 Å². The van der Waals surface area contributed by atoms with Crippen LogP contribution in [0.1, 0.15) is 6.42 Å². The summed E-state index contributed by atoms with van der Waals surface area (Å²) >= 11 is 0. The highest BCUT2D eigenvalue weighted by Gasteiger charge is 2.46. The van der Waals surface area contributed by atoms with Gasteiger partial charge in [-0.3, -0.25) is 4.79 Å². The van der Waals surface area contributed by atoms with Crippen LogP contribution in [0, 0.1) is 0 Å². The van der Waals surface area contributed by atoms with Gasteiger partial charge in [0.25, 0.3) is 5.91 Å². The Hall–Kier alpha value is -0.990. The van der Waals surface area contributed by atoms with Crippen LogP contribution in [0.2, 0.25) is 0 Å². The lowest BCUT2D eigenvalue weighted by molar-refractivity contribution is -0.172. The van der Waals surface area contributed by atoms with Crippen molar-refractivity contribution >= 4 is 5.91 Å². The summed E-state index contributed by atoms with van der Waals surface area (Å²) in [6.07, 6.45) is -4.87. The lowest BCUT2D eigenvalue weighted by atomic mass is 9.87. The van der Waals surface area contributed by atoms with Crippen molar-refractivity contribution in [1.29, 1.82) is 0 Å². The van der Waals surface area contributed by atoms with Gasteiger partial charge in [-0.25, -0.2) is 0 Å². The number of amides is 1. The summed E-state index contributed by atoms with van der Waals surface area (Å²) in [5.41, 5.74) is 2.45. The van der Waals surface area contributed by atoms with Gasteiger partial charge < -0.3 is 31.3 Å². The fourth-order valence-corrected chi connectivity index (χ4v) is 1.19. The Balaban J connectivity index is 4.93. The van der Waals surface area contributed by atoms with Crippen LogP contribution < -0.4 is 5.73 Å². The van der Waals surface area contributed by atoms with E-state index in [2.05, 4.69) is 6.58 Å². The molecule has 4 unspecified atom stereocenters. The topological polar surface area (TPSA) is 144 Å². The monoisotopic (exact) mass is 235 g/mol. The van der Waals surface area contributed by atoms with Gasteiger partial charge in [-0.1, -0.05) is 6.08 Å². The summed E-state index contributed by atoms with van der Waals surface area (Å²) in [4.78, 5) is 11.0. The number of hydrogen-bond acceptors (Lipinski definition) is 6. The van der Waals surface area contributed by atoms with Gasteiger partial charge in [0.05, 0.1) is 6.61 Å². The lowest BCUT2D eigenvalue weighted by Crippen LogP contribution is -2.59. The highest BCUT2D eigenvalue weighted by atomic mass is 16.4. The van der Waals surface area contributed by atoms with E-state index in [9.17, 15) is 20.1 Å². The molecule has 7 nitrogen and oxygen atoms in total. The Morgan fingerprint density at radius 2 is 1.94 bits per heavy atom. The molecule has 0 fully saturated rings. The Morgan fingerprint density at radius 3 is 2.25 bits per heavy atom. The molecule has 0 saturated heterocycles. The van der Waals surface area contributed by atoms with Gasteiger partial charge in [-0.15, -0.1) is 6.58 Å². The smallest absolute Gasteiger partial charge is 0.252 e. The Morgan fingerprint density at radius 1 is 1.44 bits per heavy atom. The molecule has 4 atom stereocenters. The van der Waals surface area contributed by atoms with Crippen molar-refractivity contribution in [3.8, 4) is 0 Å². The third kappa shape index (κ3) is 3.00. The maximum atomic E-state index is 11.0. The summed E-state index contributed by atoms with van der Waals surface area (Å²) in [5.74, 6) is -1.26. The highest BCUT2D eigenvalue weighted by Crippen LogP contribution is 2.20. The fourth-order valence-electron chi connectivity index (χ4n) is 1.19. The predicted octanol–water partition coefficient (Wildman–Crippen LogP) is -3.15. The van der Waals surface area contributed by atoms with Crippen LogP contribution in [0.4, 0.5) is 0 Å². The molecule has 94 valence electrons. The number of hydrogen-bond donors (Lipinski definition) is 6. The third-order valence-electron chi connectivity index (χ3n) is 2.28. The van der Waals surface area contributed by atoms with Crippen molar-refractivity contribution in [3.63, 3.8) is 0 Å². The average molecular weight is 235 g/mol. The van der Waals surface area contributed by atoms with E-state index in [0.717, 1.165) is 6.08 Å². The van der Waals surface area contributed by atoms with Crippen LogP contribution in [0.5, 0.6) is 0 Å². The van der Waals surface area contributed by atoms with Crippen molar-refractivity contribution in [1.82, 2.24) is 0 Å². The molecule has 0 aliphatic heterocycles. The van der Waals surface area contributed by atoms with Crippen molar-refractivity contribution in [2.75, 3.05) is 6.61 Å². The summed E-state index contributed by atoms with van der Waals surface area (Å²) in [7, 11) is 0. The van der Waals surface area contributed by atoms with Crippen LogP contribution in [0.3, 0.4) is 0 Å². The van der Waals surface area contributed by atoms with Crippen LogP contribution >= 0.6 is 0 Å². The Labute approximate surface area is 92.4 Å². The second-order valence-electron chi connectivity index (χ2n) is 3.47. The minimum atomic E-state index is -2.43. The van der Waals surface area contributed by atoms with E-state index in [4.69, 9.17) is 15.9 Å². The first-order valence-electron chi connectivity index (χ1n) is 4.59. The Bertz CT molecular complexity index is 258. The molecule has 0 bridgehead atoms. The lowest BCUT2D eigenvalue weighted by Gasteiger charge is -2.33. The van der Waals surface area contributed by atoms with Gasteiger partial charge in [0.2, 0.25) is 0 Å². The quantitative estimate of drug-likeness (QED) is 0.257. The van der Waals surface area contributed by atoms with Gasteiger partial charge in [0.1, 0.15) is 18.3 Å². The average Bonchev–Trinajstić information content (AvgIpc) is 2.25. The van der Waals surface area contributed by atoms with Gasteiger partial charge in [-0.05, 0) is 0 Å². The van der Waals surface area contributed by atoms with Crippen LogP contribution in [0.15, 0.2) is 12.7 Å². The predicted molar refractivity (Wildman–Crippen MR) is 54.1 cm³/mol. The number of carbonyl (C=O) groups is 1. The molecular formula is C9H17NO6. The van der Waals surface area contributed by atoms with Crippen molar-refractivity contribution in [3.05, 3.63) is 12.7 Å². The summed E-state index contributed by atoms with van der Waals surface area (Å²) in [6.45, 7) is 2.43. The van der Waals surface area contributed by atoms with E-state index >= 15 is 0 Å². The van der Waals surface area contributed by atoms with Crippen LogP contribution in [0.25, 0.3) is 0 Å². The molecule has 7 heteroatoms. The van der Waals surface area contributed by atoms with E-state index in [1.54, 1.807) is 0 Å². The van der Waals surface area contributed by atoms with E-state index in [1.165, 1.54) is 0 Å². The highest BCUT2D eigenvalue weighted by molar-refractivity contribution is 5.84. The molecule has 16 heavy (non-hydrogen) atoms. The first-order valence-corrected chi connectivity index (χ1v) is 4.59. The third-order valence-corrected chi connectivity index (χ3v) is 2.28.